The van der Waals surface area contributed by atoms with E-state index in [1.165, 1.54) is 29.3 Å². The van der Waals surface area contributed by atoms with Crippen LogP contribution in [0.4, 0.5) is 4.39 Å². The molecule has 2 amide bonds. The second-order valence-electron chi connectivity index (χ2n) is 7.14. The molecule has 0 atom stereocenters. The fourth-order valence-electron chi connectivity index (χ4n) is 2.69. The third kappa shape index (κ3) is 3.95. The fourth-order valence-corrected chi connectivity index (χ4v) is 2.69. The van der Waals surface area contributed by atoms with Crippen molar-refractivity contribution in [3.05, 3.63) is 77.7 Å². The molecule has 0 fully saturated rings. The lowest BCUT2D eigenvalue weighted by Gasteiger charge is -2.35. The molecule has 5 nitrogen and oxygen atoms in total. The average Bonchev–Trinajstić information content (AvgIpc) is 2.64. The van der Waals surface area contributed by atoms with Gasteiger partial charge in [0.25, 0.3) is 11.8 Å². The highest BCUT2D eigenvalue weighted by molar-refractivity contribution is 6.06. The summed E-state index contributed by atoms with van der Waals surface area (Å²) in [5.41, 5.74) is 3.20. The number of hydrogen-bond acceptors (Lipinski definition) is 3. The Morgan fingerprint density at radius 1 is 1.00 bits per heavy atom. The van der Waals surface area contributed by atoms with Crippen LogP contribution in [0.1, 0.15) is 41.5 Å². The van der Waals surface area contributed by atoms with Crippen LogP contribution in [0.15, 0.2) is 60.8 Å². The summed E-state index contributed by atoms with van der Waals surface area (Å²) in [7, 11) is 0. The first-order chi connectivity index (χ1) is 12.8. The molecule has 0 unspecified atom stereocenters. The highest BCUT2D eigenvalue weighted by Crippen LogP contribution is 2.19. The molecule has 27 heavy (non-hydrogen) atoms. The summed E-state index contributed by atoms with van der Waals surface area (Å²) in [4.78, 5) is 30.1. The predicted octanol–water partition coefficient (Wildman–Crippen LogP) is 3.96. The maximum absolute atomic E-state index is 13.2. The van der Waals surface area contributed by atoms with Gasteiger partial charge in [-0.3, -0.25) is 20.0 Å². The molecule has 0 aliphatic carbocycles. The van der Waals surface area contributed by atoms with Crippen molar-refractivity contribution >= 4 is 22.7 Å². The number of nitrogens with one attached hydrogen (secondary N) is 1. The summed E-state index contributed by atoms with van der Waals surface area (Å²) < 4.78 is 13.2. The van der Waals surface area contributed by atoms with Crippen LogP contribution in [0.3, 0.4) is 0 Å². The van der Waals surface area contributed by atoms with Crippen LogP contribution in [0, 0.1) is 5.82 Å². The second kappa shape index (κ2) is 7.15. The summed E-state index contributed by atoms with van der Waals surface area (Å²) in [5.74, 6) is -1.30. The van der Waals surface area contributed by atoms with Crippen molar-refractivity contribution in [2.45, 2.75) is 26.3 Å². The van der Waals surface area contributed by atoms with E-state index in [9.17, 15) is 14.0 Å². The Morgan fingerprint density at radius 3 is 2.33 bits per heavy atom. The first-order valence-corrected chi connectivity index (χ1v) is 8.52. The summed E-state index contributed by atoms with van der Waals surface area (Å²) in [6.45, 7) is 5.40. The quantitative estimate of drug-likeness (QED) is 0.699. The number of pyridine rings is 1. The van der Waals surface area contributed by atoms with E-state index in [0.29, 0.717) is 11.1 Å². The topological polar surface area (TPSA) is 62.3 Å². The standard InChI is InChI=1S/C21H20FN3O2/c1-21(2,3)25(20(27)15-9-11-16(22)12-10-15)24-19(26)17-8-4-6-14-7-5-13-23-18(14)17/h4-13H,1-3H3,(H,24,26). The van der Waals surface area contributed by atoms with Crippen LogP contribution in [-0.4, -0.2) is 27.3 Å². The number of hydrazine groups is 1. The monoisotopic (exact) mass is 365 g/mol. The van der Waals surface area contributed by atoms with Gasteiger partial charge in [-0.1, -0.05) is 18.2 Å². The Morgan fingerprint density at radius 2 is 1.67 bits per heavy atom. The maximum Gasteiger partial charge on any atom is 0.272 e. The largest absolute Gasteiger partial charge is 0.272 e. The van der Waals surface area contributed by atoms with E-state index >= 15 is 0 Å². The molecule has 3 aromatic rings. The van der Waals surface area contributed by atoms with E-state index in [0.717, 1.165) is 5.39 Å². The molecule has 2 aromatic carbocycles. The number of hydrogen-bond donors (Lipinski definition) is 1. The van der Waals surface area contributed by atoms with Crippen molar-refractivity contribution in [3.63, 3.8) is 0 Å². The smallest absolute Gasteiger partial charge is 0.267 e. The van der Waals surface area contributed by atoms with Crippen molar-refractivity contribution < 1.29 is 14.0 Å². The first-order valence-electron chi connectivity index (χ1n) is 8.52. The van der Waals surface area contributed by atoms with Crippen molar-refractivity contribution in [3.8, 4) is 0 Å². The number of halogens is 1. The van der Waals surface area contributed by atoms with Gasteiger partial charge in [0.2, 0.25) is 0 Å². The number of nitrogens with zero attached hydrogens (tertiary/aromatic N) is 2. The molecule has 3 rings (SSSR count). The van der Waals surface area contributed by atoms with E-state index in [4.69, 9.17) is 0 Å². The molecule has 1 aromatic heterocycles. The van der Waals surface area contributed by atoms with E-state index in [-0.39, 0.29) is 5.56 Å². The molecule has 138 valence electrons. The molecule has 6 heteroatoms. The van der Waals surface area contributed by atoms with Crippen molar-refractivity contribution in [2.24, 2.45) is 0 Å². The summed E-state index contributed by atoms with van der Waals surface area (Å²) >= 11 is 0. The molecule has 0 aliphatic rings. The molecule has 0 saturated carbocycles. The van der Waals surface area contributed by atoms with Crippen LogP contribution < -0.4 is 5.43 Å². The highest BCUT2D eigenvalue weighted by Gasteiger charge is 2.30. The summed E-state index contributed by atoms with van der Waals surface area (Å²) in [5, 5.41) is 2.09. The first kappa shape index (κ1) is 18.5. The van der Waals surface area contributed by atoms with Gasteiger partial charge >= 0.3 is 0 Å². The highest BCUT2D eigenvalue weighted by atomic mass is 19.1. The third-order valence-corrected chi connectivity index (χ3v) is 4.06. The number of carbonyl (C=O) groups is 2. The molecule has 1 N–H and O–H groups in total. The average molecular weight is 365 g/mol. The van der Waals surface area contributed by atoms with Crippen molar-refractivity contribution in [2.75, 3.05) is 0 Å². The maximum atomic E-state index is 13.2. The number of fused-ring (bicyclic) bond motifs is 1. The zero-order valence-corrected chi connectivity index (χ0v) is 15.4. The number of amides is 2. The Balaban J connectivity index is 1.94. The lowest BCUT2D eigenvalue weighted by Crippen LogP contribution is -2.55. The van der Waals surface area contributed by atoms with E-state index in [1.54, 1.807) is 45.2 Å². The van der Waals surface area contributed by atoms with E-state index in [2.05, 4.69) is 10.4 Å². The Bertz CT molecular complexity index is 989. The number of para-hydroxylation sites is 1. The summed E-state index contributed by atoms with van der Waals surface area (Å²) in [6.07, 6.45) is 1.62. The zero-order chi connectivity index (χ0) is 19.6. The van der Waals surface area contributed by atoms with Gasteiger partial charge in [-0.05, 0) is 57.2 Å². The van der Waals surface area contributed by atoms with Crippen LogP contribution in [0.25, 0.3) is 10.9 Å². The van der Waals surface area contributed by atoms with Crippen LogP contribution >= 0.6 is 0 Å². The van der Waals surface area contributed by atoms with E-state index < -0.39 is 23.2 Å². The number of carbonyl (C=O) groups excluding carboxylic acids is 2. The van der Waals surface area contributed by atoms with Gasteiger partial charge in [0.05, 0.1) is 16.6 Å². The van der Waals surface area contributed by atoms with E-state index in [1.807, 2.05) is 12.1 Å². The minimum Gasteiger partial charge on any atom is -0.267 e. The van der Waals surface area contributed by atoms with Gasteiger partial charge in [-0.25, -0.2) is 9.40 Å². The minimum atomic E-state index is -0.695. The Labute approximate surface area is 156 Å². The lowest BCUT2D eigenvalue weighted by molar-refractivity contribution is 0.0359. The number of aromatic nitrogens is 1. The lowest BCUT2D eigenvalue weighted by atomic mass is 10.1. The number of rotatable bonds is 2. The number of benzene rings is 2. The van der Waals surface area contributed by atoms with Crippen LogP contribution in [0.5, 0.6) is 0 Å². The van der Waals surface area contributed by atoms with Crippen molar-refractivity contribution in [1.82, 2.24) is 15.4 Å². The molecule has 0 radical (unpaired) electrons. The molecule has 0 saturated heterocycles. The van der Waals surface area contributed by atoms with Crippen LogP contribution in [-0.2, 0) is 0 Å². The van der Waals surface area contributed by atoms with Gasteiger partial charge in [0.15, 0.2) is 0 Å². The van der Waals surface area contributed by atoms with Gasteiger partial charge in [0.1, 0.15) is 5.82 Å². The summed E-state index contributed by atoms with van der Waals surface area (Å²) in [6, 6.07) is 14.2. The molecular weight excluding hydrogens is 345 g/mol. The molecule has 1 heterocycles. The predicted molar refractivity (Wildman–Crippen MR) is 102 cm³/mol. The molecule has 0 bridgehead atoms. The van der Waals surface area contributed by atoms with Gasteiger partial charge in [0, 0.05) is 17.1 Å². The fraction of sp³-hybridized carbons (Fsp3) is 0.190. The van der Waals surface area contributed by atoms with Crippen LogP contribution in [0.2, 0.25) is 0 Å². The molecular formula is C21H20FN3O2. The van der Waals surface area contributed by atoms with Gasteiger partial charge in [-0.2, -0.15) is 0 Å². The van der Waals surface area contributed by atoms with Crippen molar-refractivity contribution in [1.29, 1.82) is 0 Å². The minimum absolute atomic E-state index is 0.280. The van der Waals surface area contributed by atoms with Gasteiger partial charge in [-0.15, -0.1) is 0 Å². The Hall–Kier alpha value is -3.28. The normalized spacial score (nSPS) is 11.3. The zero-order valence-electron chi connectivity index (χ0n) is 15.4. The third-order valence-electron chi connectivity index (χ3n) is 4.06. The van der Waals surface area contributed by atoms with Gasteiger partial charge < -0.3 is 0 Å². The molecule has 0 aliphatic heterocycles. The SMILES string of the molecule is CC(C)(C)N(NC(=O)c1cccc2cccnc12)C(=O)c1ccc(F)cc1. The molecule has 0 spiro atoms. The Kier molecular flexibility index (Phi) is 4.90. The second-order valence-corrected chi connectivity index (χ2v) is 7.14.